The van der Waals surface area contributed by atoms with E-state index in [1.807, 2.05) is 61.5 Å². The number of hydrogen-bond donors (Lipinski definition) is 1. The fourth-order valence-corrected chi connectivity index (χ4v) is 3.35. The number of ether oxygens (including phenoxy) is 1. The Labute approximate surface area is 154 Å². The first-order valence-corrected chi connectivity index (χ1v) is 8.86. The molecule has 5 heteroatoms. The molecule has 0 spiro atoms. The van der Waals surface area contributed by atoms with Crippen LogP contribution in [-0.4, -0.2) is 22.3 Å². The third kappa shape index (κ3) is 3.87. The van der Waals surface area contributed by atoms with E-state index < -0.39 is 5.54 Å². The van der Waals surface area contributed by atoms with Crippen molar-refractivity contribution in [1.82, 2.24) is 4.90 Å². The highest BCUT2D eigenvalue weighted by atomic mass is 16.5. The summed E-state index contributed by atoms with van der Waals surface area (Å²) in [6, 6.07) is 17.3. The molecule has 2 N–H and O–H groups in total. The molecule has 26 heavy (non-hydrogen) atoms. The Morgan fingerprint density at radius 1 is 1.12 bits per heavy atom. The average molecular weight is 351 g/mol. The molecule has 1 atom stereocenters. The van der Waals surface area contributed by atoms with Crippen molar-refractivity contribution in [3.63, 3.8) is 0 Å². The van der Waals surface area contributed by atoms with Gasteiger partial charge in [0.2, 0.25) is 0 Å². The van der Waals surface area contributed by atoms with E-state index in [1.165, 1.54) is 0 Å². The number of nitrogens with two attached hydrogens (primary N) is 1. The maximum atomic E-state index is 12.9. The summed E-state index contributed by atoms with van der Waals surface area (Å²) in [5.41, 5.74) is 6.23. The number of carbonyl (C=O) groups excluding carboxylic acids is 1. The molecule has 0 bridgehead atoms. The summed E-state index contributed by atoms with van der Waals surface area (Å²) in [6.45, 7) is 6.40. The van der Waals surface area contributed by atoms with Gasteiger partial charge in [-0.3, -0.25) is 9.69 Å². The van der Waals surface area contributed by atoms with Crippen molar-refractivity contribution in [2.75, 3.05) is 0 Å². The second-order valence-corrected chi connectivity index (χ2v) is 7.30. The van der Waals surface area contributed by atoms with Gasteiger partial charge in [0.1, 0.15) is 17.0 Å². The third-order valence-electron chi connectivity index (χ3n) is 4.37. The number of carbonyl (C=O) groups is 1. The highest BCUT2D eigenvalue weighted by Gasteiger charge is 2.43. The molecule has 5 nitrogen and oxygen atoms in total. The van der Waals surface area contributed by atoms with Gasteiger partial charge in [0.15, 0.2) is 5.96 Å². The van der Waals surface area contributed by atoms with Gasteiger partial charge in [0, 0.05) is 0 Å². The lowest BCUT2D eigenvalue weighted by Crippen LogP contribution is -2.43. The Morgan fingerprint density at radius 2 is 1.81 bits per heavy atom. The van der Waals surface area contributed by atoms with Gasteiger partial charge in [0.25, 0.3) is 5.91 Å². The summed E-state index contributed by atoms with van der Waals surface area (Å²) in [5.74, 6) is 2.10. The largest absolute Gasteiger partial charge is 0.457 e. The Bertz CT molecular complexity index is 817. The molecular formula is C21H25N3O2. The highest BCUT2D eigenvalue weighted by Crippen LogP contribution is 2.30. The summed E-state index contributed by atoms with van der Waals surface area (Å²) in [6.07, 6.45) is 0.681. The Balaban J connectivity index is 1.74. The van der Waals surface area contributed by atoms with Crippen molar-refractivity contribution in [1.29, 1.82) is 0 Å². The quantitative estimate of drug-likeness (QED) is 0.857. The number of guanidine groups is 1. The zero-order valence-corrected chi connectivity index (χ0v) is 15.5. The first-order valence-electron chi connectivity index (χ1n) is 8.86. The molecule has 2 aromatic rings. The zero-order valence-electron chi connectivity index (χ0n) is 15.5. The van der Waals surface area contributed by atoms with Crippen LogP contribution in [0, 0.1) is 5.92 Å². The van der Waals surface area contributed by atoms with Gasteiger partial charge in [-0.25, -0.2) is 4.99 Å². The SMILES string of the molecule is CC(C)CC1(C)N=C(N)N(Cc2cccc(Oc3ccccc3)c2)C1=O. The third-order valence-corrected chi connectivity index (χ3v) is 4.37. The maximum absolute atomic E-state index is 12.9. The van der Waals surface area contributed by atoms with E-state index in [1.54, 1.807) is 4.90 Å². The van der Waals surface area contributed by atoms with E-state index in [9.17, 15) is 4.79 Å². The lowest BCUT2D eigenvalue weighted by molar-refractivity contribution is -0.131. The Morgan fingerprint density at radius 3 is 2.50 bits per heavy atom. The van der Waals surface area contributed by atoms with Crippen molar-refractivity contribution in [2.45, 2.75) is 39.3 Å². The number of aliphatic imine (C=N–C) groups is 1. The van der Waals surface area contributed by atoms with Crippen LogP contribution >= 0.6 is 0 Å². The summed E-state index contributed by atoms with van der Waals surface area (Å²) in [5, 5.41) is 0. The molecule has 1 heterocycles. The standard InChI is InChI=1S/C21H25N3O2/c1-15(2)13-21(3)19(25)24(20(22)23-21)14-16-8-7-11-18(12-16)26-17-9-5-4-6-10-17/h4-12,15H,13-14H2,1-3H3,(H2,22,23). The second-order valence-electron chi connectivity index (χ2n) is 7.30. The molecule has 0 radical (unpaired) electrons. The predicted octanol–water partition coefficient (Wildman–Crippen LogP) is 3.94. The van der Waals surface area contributed by atoms with Crippen LogP contribution in [0.15, 0.2) is 59.6 Å². The van der Waals surface area contributed by atoms with Crippen molar-refractivity contribution >= 4 is 11.9 Å². The van der Waals surface area contributed by atoms with E-state index in [4.69, 9.17) is 10.5 Å². The van der Waals surface area contributed by atoms with Crippen LogP contribution in [0.3, 0.4) is 0 Å². The lowest BCUT2D eigenvalue weighted by atomic mass is 9.91. The maximum Gasteiger partial charge on any atom is 0.257 e. The van der Waals surface area contributed by atoms with Crippen LogP contribution in [-0.2, 0) is 11.3 Å². The molecule has 0 saturated heterocycles. The molecule has 136 valence electrons. The van der Waals surface area contributed by atoms with Gasteiger partial charge in [0.05, 0.1) is 6.54 Å². The van der Waals surface area contributed by atoms with Crippen molar-refractivity contribution in [3.8, 4) is 11.5 Å². The molecule has 2 aromatic carbocycles. The van der Waals surface area contributed by atoms with Gasteiger partial charge in [-0.15, -0.1) is 0 Å². The van der Waals surface area contributed by atoms with Crippen LogP contribution in [0.2, 0.25) is 0 Å². The molecule has 0 aliphatic carbocycles. The van der Waals surface area contributed by atoms with Gasteiger partial charge in [-0.05, 0) is 49.1 Å². The van der Waals surface area contributed by atoms with Gasteiger partial charge in [-0.1, -0.05) is 44.2 Å². The number of rotatable bonds is 6. The number of amides is 1. The van der Waals surface area contributed by atoms with Crippen LogP contribution in [0.4, 0.5) is 0 Å². The minimum absolute atomic E-state index is 0.0434. The minimum atomic E-state index is -0.767. The molecule has 3 rings (SSSR count). The summed E-state index contributed by atoms with van der Waals surface area (Å²) >= 11 is 0. The first-order chi connectivity index (χ1) is 12.4. The smallest absolute Gasteiger partial charge is 0.257 e. The number of hydrogen-bond acceptors (Lipinski definition) is 4. The predicted molar refractivity (Wildman–Crippen MR) is 103 cm³/mol. The summed E-state index contributed by atoms with van der Waals surface area (Å²) < 4.78 is 5.87. The second kappa shape index (κ2) is 7.20. The topological polar surface area (TPSA) is 67.9 Å². The first kappa shape index (κ1) is 18.0. The number of nitrogens with zero attached hydrogens (tertiary/aromatic N) is 2. The van der Waals surface area contributed by atoms with E-state index in [2.05, 4.69) is 18.8 Å². The Kier molecular flexibility index (Phi) is 4.98. The monoisotopic (exact) mass is 351 g/mol. The fourth-order valence-electron chi connectivity index (χ4n) is 3.35. The number of benzene rings is 2. The average Bonchev–Trinajstić information content (AvgIpc) is 2.78. The van der Waals surface area contributed by atoms with E-state index in [0.29, 0.717) is 18.9 Å². The molecule has 1 amide bonds. The fraction of sp³-hybridized carbons (Fsp3) is 0.333. The molecule has 0 aromatic heterocycles. The zero-order chi connectivity index (χ0) is 18.7. The summed E-state index contributed by atoms with van der Waals surface area (Å²) in [4.78, 5) is 18.9. The van der Waals surface area contributed by atoms with E-state index in [-0.39, 0.29) is 11.9 Å². The van der Waals surface area contributed by atoms with Crippen LogP contribution in [0.25, 0.3) is 0 Å². The van der Waals surface area contributed by atoms with Crippen LogP contribution < -0.4 is 10.5 Å². The van der Waals surface area contributed by atoms with Crippen molar-refractivity contribution < 1.29 is 9.53 Å². The molecule has 1 aliphatic rings. The van der Waals surface area contributed by atoms with E-state index >= 15 is 0 Å². The van der Waals surface area contributed by atoms with Gasteiger partial charge >= 0.3 is 0 Å². The molecule has 1 unspecified atom stereocenters. The van der Waals surface area contributed by atoms with Gasteiger partial charge < -0.3 is 10.5 Å². The van der Waals surface area contributed by atoms with Crippen molar-refractivity contribution in [2.24, 2.45) is 16.6 Å². The normalized spacial score (nSPS) is 19.8. The summed E-state index contributed by atoms with van der Waals surface area (Å²) in [7, 11) is 0. The molecular weight excluding hydrogens is 326 g/mol. The van der Waals surface area contributed by atoms with Crippen molar-refractivity contribution in [3.05, 3.63) is 60.2 Å². The van der Waals surface area contributed by atoms with Crippen LogP contribution in [0.5, 0.6) is 11.5 Å². The van der Waals surface area contributed by atoms with E-state index in [0.717, 1.165) is 17.1 Å². The minimum Gasteiger partial charge on any atom is -0.457 e. The van der Waals surface area contributed by atoms with Gasteiger partial charge in [-0.2, -0.15) is 0 Å². The lowest BCUT2D eigenvalue weighted by Gasteiger charge is -2.23. The van der Waals surface area contributed by atoms with Crippen LogP contribution in [0.1, 0.15) is 32.8 Å². The Hall–Kier alpha value is -2.82. The number of para-hydroxylation sites is 1. The molecule has 1 aliphatic heterocycles. The molecule has 0 fully saturated rings. The highest BCUT2D eigenvalue weighted by molar-refractivity contribution is 6.06. The molecule has 0 saturated carbocycles.